The van der Waals surface area contributed by atoms with E-state index in [9.17, 15) is 10.2 Å². The van der Waals surface area contributed by atoms with Crippen LogP contribution < -0.4 is 0 Å². The fraction of sp³-hybridized carbons (Fsp3) is 0.778. The predicted octanol–water partition coefficient (Wildman–Crippen LogP) is 6.59. The summed E-state index contributed by atoms with van der Waals surface area (Å²) < 4.78 is 0. The van der Waals surface area contributed by atoms with E-state index in [0.29, 0.717) is 24.2 Å². The third-order valence-corrected chi connectivity index (χ3v) is 8.43. The van der Waals surface area contributed by atoms with E-state index < -0.39 is 12.2 Å². The molecule has 164 valence electrons. The van der Waals surface area contributed by atoms with E-state index in [2.05, 4.69) is 46.4 Å². The highest BCUT2D eigenvalue weighted by atomic mass is 16.3. The lowest BCUT2D eigenvalue weighted by Gasteiger charge is -2.44. The molecule has 0 bridgehead atoms. The van der Waals surface area contributed by atoms with Crippen LogP contribution in [0.5, 0.6) is 0 Å². The summed E-state index contributed by atoms with van der Waals surface area (Å²) in [5, 5.41) is 20.2. The first-order chi connectivity index (χ1) is 13.7. The second-order valence-corrected chi connectivity index (χ2v) is 11.0. The van der Waals surface area contributed by atoms with Gasteiger partial charge in [-0.2, -0.15) is 0 Å². The minimum atomic E-state index is -0.595. The summed E-state index contributed by atoms with van der Waals surface area (Å²) in [6, 6.07) is 0. The third-order valence-electron chi connectivity index (χ3n) is 8.43. The minimum Gasteiger partial charge on any atom is -0.393 e. The Morgan fingerprint density at radius 1 is 1.14 bits per heavy atom. The van der Waals surface area contributed by atoms with Gasteiger partial charge in [-0.25, -0.2) is 0 Å². The van der Waals surface area contributed by atoms with Crippen molar-refractivity contribution < 1.29 is 10.2 Å². The Balaban J connectivity index is 1.71. The largest absolute Gasteiger partial charge is 0.393 e. The molecule has 3 rings (SSSR count). The van der Waals surface area contributed by atoms with Crippen LogP contribution in [0.4, 0.5) is 0 Å². The molecular formula is C27H44O2. The van der Waals surface area contributed by atoms with Crippen LogP contribution in [0.25, 0.3) is 0 Å². The second kappa shape index (κ2) is 9.52. The Bertz CT molecular complexity index is 643. The van der Waals surface area contributed by atoms with Gasteiger partial charge >= 0.3 is 0 Å². The molecule has 0 aromatic carbocycles. The molecule has 2 heteroatoms. The quantitative estimate of drug-likeness (QED) is 0.528. The number of hydrogen-bond donors (Lipinski definition) is 2. The molecule has 0 unspecified atom stereocenters. The molecule has 3 aliphatic carbocycles. The van der Waals surface area contributed by atoms with Crippen LogP contribution in [0.2, 0.25) is 0 Å². The zero-order valence-corrected chi connectivity index (χ0v) is 19.3. The monoisotopic (exact) mass is 400 g/mol. The average molecular weight is 401 g/mol. The number of aliphatic hydroxyl groups is 2. The van der Waals surface area contributed by atoms with Crippen molar-refractivity contribution in [2.45, 2.75) is 104 Å². The number of allylic oxidation sites excluding steroid dienone is 3. The van der Waals surface area contributed by atoms with Gasteiger partial charge in [0.05, 0.1) is 12.2 Å². The van der Waals surface area contributed by atoms with Gasteiger partial charge in [-0.1, -0.05) is 71.3 Å². The average Bonchev–Trinajstić information content (AvgIpc) is 3.00. The molecular weight excluding hydrogens is 356 g/mol. The summed E-state index contributed by atoms with van der Waals surface area (Å²) in [5.74, 6) is 3.20. The molecule has 29 heavy (non-hydrogen) atoms. The molecule has 0 heterocycles. The highest BCUT2D eigenvalue weighted by molar-refractivity contribution is 5.38. The Morgan fingerprint density at radius 3 is 2.62 bits per heavy atom. The van der Waals surface area contributed by atoms with E-state index >= 15 is 0 Å². The molecule has 3 saturated carbocycles. The van der Waals surface area contributed by atoms with Crippen molar-refractivity contribution in [1.82, 2.24) is 0 Å². The molecule has 2 nitrogen and oxygen atoms in total. The number of hydrogen-bond acceptors (Lipinski definition) is 2. The first-order valence-electron chi connectivity index (χ1n) is 12.2. The Kier molecular flexibility index (Phi) is 7.49. The van der Waals surface area contributed by atoms with Crippen molar-refractivity contribution in [3.05, 3.63) is 35.5 Å². The summed E-state index contributed by atoms with van der Waals surface area (Å²) in [4.78, 5) is 0. The van der Waals surface area contributed by atoms with Crippen molar-refractivity contribution in [3.63, 3.8) is 0 Å². The van der Waals surface area contributed by atoms with Crippen LogP contribution in [-0.4, -0.2) is 22.4 Å². The lowest BCUT2D eigenvalue weighted by Crippen LogP contribution is -2.36. The topological polar surface area (TPSA) is 40.5 Å². The van der Waals surface area contributed by atoms with Crippen LogP contribution in [0.1, 0.15) is 91.9 Å². The van der Waals surface area contributed by atoms with Crippen LogP contribution >= 0.6 is 0 Å². The SMILES string of the molecule is C=C1/C(=C/C=C2\CCC[C@]3(C)[C@@H]([C@H](C)CCCC(C)C)CC[C@@H]23)C[C@H](O)C[C@@H]1O. The van der Waals surface area contributed by atoms with E-state index in [1.54, 1.807) is 5.57 Å². The van der Waals surface area contributed by atoms with Gasteiger partial charge in [-0.3, -0.25) is 0 Å². The molecule has 0 radical (unpaired) electrons. The maximum atomic E-state index is 10.1. The van der Waals surface area contributed by atoms with Gasteiger partial charge in [-0.15, -0.1) is 0 Å². The van der Waals surface area contributed by atoms with Gasteiger partial charge in [0.15, 0.2) is 0 Å². The van der Waals surface area contributed by atoms with Gasteiger partial charge < -0.3 is 10.2 Å². The van der Waals surface area contributed by atoms with E-state index in [-0.39, 0.29) is 0 Å². The summed E-state index contributed by atoms with van der Waals surface area (Å²) in [6.07, 6.45) is 15.2. The first-order valence-corrected chi connectivity index (χ1v) is 12.2. The molecule has 6 atom stereocenters. The number of aliphatic hydroxyl groups excluding tert-OH is 2. The van der Waals surface area contributed by atoms with Crippen LogP contribution in [0.3, 0.4) is 0 Å². The van der Waals surface area contributed by atoms with Gasteiger partial charge in [0.2, 0.25) is 0 Å². The minimum absolute atomic E-state index is 0.420. The molecule has 0 amide bonds. The second-order valence-electron chi connectivity index (χ2n) is 11.0. The summed E-state index contributed by atoms with van der Waals surface area (Å²) >= 11 is 0. The molecule has 0 aromatic heterocycles. The van der Waals surface area contributed by atoms with Crippen LogP contribution in [0, 0.1) is 29.1 Å². The number of fused-ring (bicyclic) bond motifs is 1. The lowest BCUT2D eigenvalue weighted by molar-refractivity contribution is 0.0861. The molecule has 3 fully saturated rings. The zero-order chi connectivity index (χ0) is 21.2. The fourth-order valence-electron chi connectivity index (χ4n) is 6.73. The van der Waals surface area contributed by atoms with Crippen molar-refractivity contribution in [3.8, 4) is 0 Å². The molecule has 0 aliphatic heterocycles. The Labute approximate surface area is 179 Å². The zero-order valence-electron chi connectivity index (χ0n) is 19.3. The molecule has 0 saturated heterocycles. The van der Waals surface area contributed by atoms with Crippen molar-refractivity contribution in [2.24, 2.45) is 29.1 Å². The van der Waals surface area contributed by atoms with Gasteiger partial charge in [-0.05, 0) is 78.8 Å². The first kappa shape index (κ1) is 22.8. The third kappa shape index (κ3) is 5.07. The highest BCUT2D eigenvalue weighted by Gasteiger charge is 2.50. The molecule has 3 aliphatic rings. The predicted molar refractivity (Wildman–Crippen MR) is 123 cm³/mol. The van der Waals surface area contributed by atoms with Crippen molar-refractivity contribution in [1.29, 1.82) is 0 Å². The van der Waals surface area contributed by atoms with Crippen molar-refractivity contribution in [2.75, 3.05) is 0 Å². The van der Waals surface area contributed by atoms with E-state index in [1.807, 2.05) is 0 Å². The number of rotatable bonds is 6. The lowest BCUT2D eigenvalue weighted by atomic mass is 9.60. The van der Waals surface area contributed by atoms with Crippen LogP contribution in [0.15, 0.2) is 35.5 Å². The fourth-order valence-corrected chi connectivity index (χ4v) is 6.73. The standard InChI is InChI=1S/C27H44O2/c1-18(2)8-6-9-19(3)24-13-14-25-21(10-7-15-27(24,25)5)11-12-22-16-23(28)17-26(29)20(22)4/h11-12,18-19,23-26,28-29H,4,6-10,13-17H2,1-3,5H3/b21-11+,22-12+/t19-,23+,24-,25+,26+,27-/m1/s1. The molecule has 0 aromatic rings. The van der Waals surface area contributed by atoms with E-state index in [0.717, 1.165) is 28.9 Å². The smallest absolute Gasteiger partial charge is 0.0811 e. The summed E-state index contributed by atoms with van der Waals surface area (Å²) in [6.45, 7) is 13.8. The maximum Gasteiger partial charge on any atom is 0.0811 e. The van der Waals surface area contributed by atoms with Crippen molar-refractivity contribution >= 4 is 0 Å². The normalized spacial score (nSPS) is 39.3. The highest BCUT2D eigenvalue weighted by Crippen LogP contribution is 2.59. The maximum absolute atomic E-state index is 10.1. The molecule has 2 N–H and O–H groups in total. The molecule has 0 spiro atoms. The van der Waals surface area contributed by atoms with Gasteiger partial charge in [0.1, 0.15) is 0 Å². The summed E-state index contributed by atoms with van der Waals surface area (Å²) in [7, 11) is 0. The Hall–Kier alpha value is -0.860. The summed E-state index contributed by atoms with van der Waals surface area (Å²) in [5.41, 5.74) is 3.88. The van der Waals surface area contributed by atoms with Crippen LogP contribution in [-0.2, 0) is 0 Å². The van der Waals surface area contributed by atoms with Gasteiger partial charge in [0.25, 0.3) is 0 Å². The van der Waals surface area contributed by atoms with E-state index in [1.165, 1.54) is 51.4 Å². The van der Waals surface area contributed by atoms with E-state index in [4.69, 9.17) is 0 Å². The Morgan fingerprint density at radius 2 is 1.90 bits per heavy atom. The van der Waals surface area contributed by atoms with Gasteiger partial charge in [0, 0.05) is 6.42 Å².